The van der Waals surface area contributed by atoms with Gasteiger partial charge in [-0.2, -0.15) is 0 Å². The van der Waals surface area contributed by atoms with E-state index in [0.717, 1.165) is 0 Å². The minimum Gasteiger partial charge on any atom is -0.371 e. The molecule has 2 atom stereocenters. The standard InChI is InChI=1S/C21H32O/c1-5-6-7-9-19-10-8-11-20(22-19)12-13-21-17(3)14-16(2)15-18(21)4/h12-15,19-20H,5-11H2,1-4H3/b13-12+/t19-,20-/m1/s1. The van der Waals surface area contributed by atoms with Crippen LogP contribution < -0.4 is 0 Å². The lowest BCUT2D eigenvalue weighted by atomic mass is 9.97. The van der Waals surface area contributed by atoms with E-state index in [1.165, 1.54) is 67.2 Å². The van der Waals surface area contributed by atoms with Crippen molar-refractivity contribution in [1.82, 2.24) is 0 Å². The first-order valence-corrected chi connectivity index (χ1v) is 9.01. The van der Waals surface area contributed by atoms with Crippen LogP contribution in [0.25, 0.3) is 6.08 Å². The van der Waals surface area contributed by atoms with Crippen molar-refractivity contribution in [2.75, 3.05) is 0 Å². The quantitative estimate of drug-likeness (QED) is 0.573. The van der Waals surface area contributed by atoms with E-state index < -0.39 is 0 Å². The van der Waals surface area contributed by atoms with Crippen molar-refractivity contribution < 1.29 is 4.74 Å². The van der Waals surface area contributed by atoms with Crippen molar-refractivity contribution in [3.05, 3.63) is 40.5 Å². The van der Waals surface area contributed by atoms with Crippen molar-refractivity contribution in [3.8, 4) is 0 Å². The van der Waals surface area contributed by atoms with Gasteiger partial charge < -0.3 is 4.74 Å². The van der Waals surface area contributed by atoms with Crippen LogP contribution in [-0.2, 0) is 4.74 Å². The molecule has 1 heteroatoms. The first-order chi connectivity index (χ1) is 10.6. The lowest BCUT2D eigenvalue weighted by molar-refractivity contribution is -0.0295. The van der Waals surface area contributed by atoms with Gasteiger partial charge >= 0.3 is 0 Å². The SMILES string of the molecule is CCCCC[C@@H]1CCC[C@H](/C=C/c2c(C)cc(C)cc2C)O1. The van der Waals surface area contributed by atoms with Crippen LogP contribution in [0, 0.1) is 20.8 Å². The number of aryl methyl sites for hydroxylation is 3. The summed E-state index contributed by atoms with van der Waals surface area (Å²) in [6.45, 7) is 8.84. The normalized spacial score (nSPS) is 22.4. The van der Waals surface area contributed by atoms with Gasteiger partial charge in [0, 0.05) is 0 Å². The zero-order valence-electron chi connectivity index (χ0n) is 14.8. The molecular weight excluding hydrogens is 268 g/mol. The van der Waals surface area contributed by atoms with Crippen LogP contribution in [0.5, 0.6) is 0 Å². The van der Waals surface area contributed by atoms with Gasteiger partial charge in [0.25, 0.3) is 0 Å². The maximum atomic E-state index is 6.27. The summed E-state index contributed by atoms with van der Waals surface area (Å²) in [5, 5.41) is 0. The van der Waals surface area contributed by atoms with E-state index in [9.17, 15) is 0 Å². The first-order valence-electron chi connectivity index (χ1n) is 9.01. The fourth-order valence-corrected chi connectivity index (χ4v) is 3.56. The third-order valence-corrected chi connectivity index (χ3v) is 4.73. The molecule has 1 fully saturated rings. The summed E-state index contributed by atoms with van der Waals surface area (Å²) in [5.74, 6) is 0. The Morgan fingerprint density at radius 2 is 1.82 bits per heavy atom. The Balaban J connectivity index is 1.95. The highest BCUT2D eigenvalue weighted by atomic mass is 16.5. The predicted octanol–water partition coefficient (Wildman–Crippen LogP) is 6.14. The third kappa shape index (κ3) is 4.98. The van der Waals surface area contributed by atoms with E-state index in [1.807, 2.05) is 0 Å². The van der Waals surface area contributed by atoms with Crippen LogP contribution in [0.15, 0.2) is 18.2 Å². The van der Waals surface area contributed by atoms with E-state index in [-0.39, 0.29) is 0 Å². The maximum Gasteiger partial charge on any atom is 0.0762 e. The summed E-state index contributed by atoms with van der Waals surface area (Å²) in [6, 6.07) is 4.53. The Kier molecular flexibility index (Phi) is 6.70. The van der Waals surface area contributed by atoms with Crippen LogP contribution in [0.3, 0.4) is 0 Å². The molecule has 0 unspecified atom stereocenters. The molecule has 0 amide bonds. The molecule has 0 bridgehead atoms. The minimum atomic E-state index is 0.306. The van der Waals surface area contributed by atoms with Crippen molar-refractivity contribution in [1.29, 1.82) is 0 Å². The molecule has 2 rings (SSSR count). The van der Waals surface area contributed by atoms with Crippen molar-refractivity contribution in [2.24, 2.45) is 0 Å². The van der Waals surface area contributed by atoms with Gasteiger partial charge in [0.15, 0.2) is 0 Å². The van der Waals surface area contributed by atoms with Gasteiger partial charge in [-0.05, 0) is 63.1 Å². The number of rotatable bonds is 6. The Hall–Kier alpha value is -1.08. The molecule has 1 nitrogen and oxygen atoms in total. The largest absolute Gasteiger partial charge is 0.371 e. The highest BCUT2D eigenvalue weighted by Crippen LogP contribution is 2.25. The molecule has 1 heterocycles. The van der Waals surface area contributed by atoms with E-state index in [1.54, 1.807) is 0 Å². The van der Waals surface area contributed by atoms with E-state index in [0.29, 0.717) is 12.2 Å². The summed E-state index contributed by atoms with van der Waals surface area (Å²) >= 11 is 0. The Morgan fingerprint density at radius 1 is 1.09 bits per heavy atom. The second-order valence-electron chi connectivity index (χ2n) is 6.89. The Labute approximate surface area is 136 Å². The van der Waals surface area contributed by atoms with Crippen molar-refractivity contribution >= 4 is 6.08 Å². The summed E-state index contributed by atoms with van der Waals surface area (Å²) in [6.07, 6.45) is 14.3. The molecule has 22 heavy (non-hydrogen) atoms. The zero-order valence-corrected chi connectivity index (χ0v) is 14.8. The fourth-order valence-electron chi connectivity index (χ4n) is 3.56. The summed E-state index contributed by atoms with van der Waals surface area (Å²) in [7, 11) is 0. The van der Waals surface area contributed by atoms with E-state index >= 15 is 0 Å². The molecule has 0 saturated carbocycles. The fraction of sp³-hybridized carbons (Fsp3) is 0.619. The molecule has 122 valence electrons. The second kappa shape index (κ2) is 8.53. The molecule has 0 N–H and O–H groups in total. The van der Waals surface area contributed by atoms with Gasteiger partial charge in [-0.15, -0.1) is 0 Å². The highest BCUT2D eigenvalue weighted by molar-refractivity contribution is 5.58. The van der Waals surface area contributed by atoms with Crippen LogP contribution in [0.2, 0.25) is 0 Å². The molecule has 0 aliphatic carbocycles. The molecular formula is C21H32O. The number of ether oxygens (including phenoxy) is 1. The number of unbranched alkanes of at least 4 members (excludes halogenated alkanes) is 2. The molecule has 0 aromatic heterocycles. The van der Waals surface area contributed by atoms with Crippen molar-refractivity contribution in [3.63, 3.8) is 0 Å². The summed E-state index contributed by atoms with van der Waals surface area (Å²) < 4.78 is 6.27. The van der Waals surface area contributed by atoms with Crippen LogP contribution in [-0.4, -0.2) is 12.2 Å². The predicted molar refractivity (Wildman–Crippen MR) is 96.3 cm³/mol. The molecule has 0 spiro atoms. The number of hydrogen-bond acceptors (Lipinski definition) is 1. The van der Waals surface area contributed by atoms with Crippen molar-refractivity contribution in [2.45, 2.75) is 84.8 Å². The lowest BCUT2D eigenvalue weighted by Gasteiger charge is -2.28. The first kappa shape index (κ1) is 17.3. The Morgan fingerprint density at radius 3 is 2.50 bits per heavy atom. The second-order valence-corrected chi connectivity index (χ2v) is 6.89. The molecule has 0 radical (unpaired) electrons. The Bertz CT molecular complexity index is 478. The minimum absolute atomic E-state index is 0.306. The van der Waals surface area contributed by atoms with Gasteiger partial charge in [-0.25, -0.2) is 0 Å². The van der Waals surface area contributed by atoms with Gasteiger partial charge in [0.1, 0.15) is 0 Å². The van der Waals surface area contributed by atoms with Gasteiger partial charge in [-0.1, -0.05) is 56.0 Å². The smallest absolute Gasteiger partial charge is 0.0762 e. The highest BCUT2D eigenvalue weighted by Gasteiger charge is 2.20. The number of benzene rings is 1. The van der Waals surface area contributed by atoms with Crippen LogP contribution >= 0.6 is 0 Å². The lowest BCUT2D eigenvalue weighted by Crippen LogP contribution is -2.26. The monoisotopic (exact) mass is 300 g/mol. The number of hydrogen-bond donors (Lipinski definition) is 0. The van der Waals surface area contributed by atoms with Crippen LogP contribution in [0.4, 0.5) is 0 Å². The van der Waals surface area contributed by atoms with Gasteiger partial charge in [0.2, 0.25) is 0 Å². The van der Waals surface area contributed by atoms with Gasteiger partial charge in [-0.3, -0.25) is 0 Å². The molecule has 1 aliphatic heterocycles. The third-order valence-electron chi connectivity index (χ3n) is 4.73. The maximum absolute atomic E-state index is 6.27. The van der Waals surface area contributed by atoms with Crippen LogP contribution in [0.1, 0.15) is 74.1 Å². The molecule has 1 saturated heterocycles. The summed E-state index contributed by atoms with van der Waals surface area (Å²) in [5.41, 5.74) is 5.44. The average molecular weight is 300 g/mol. The zero-order chi connectivity index (χ0) is 15.9. The average Bonchev–Trinajstić information content (AvgIpc) is 2.47. The summed E-state index contributed by atoms with van der Waals surface area (Å²) in [4.78, 5) is 0. The van der Waals surface area contributed by atoms with Gasteiger partial charge in [0.05, 0.1) is 12.2 Å². The molecule has 1 aliphatic rings. The van der Waals surface area contributed by atoms with E-state index in [4.69, 9.17) is 4.74 Å². The van der Waals surface area contributed by atoms with E-state index in [2.05, 4.69) is 52.0 Å². The topological polar surface area (TPSA) is 9.23 Å². The molecule has 1 aromatic carbocycles. The molecule has 1 aromatic rings.